The van der Waals surface area contributed by atoms with Gasteiger partial charge in [0.15, 0.2) is 5.49 Å². The van der Waals surface area contributed by atoms with Gasteiger partial charge in [0.1, 0.15) is 6.33 Å². The molecule has 1 N–H and O–H groups in total. The molecular formula is C16H29N3O. The Balaban J connectivity index is 1.95. The average Bonchev–Trinajstić information content (AvgIpc) is 2.46. The average molecular weight is 279 g/mol. The molecule has 20 heavy (non-hydrogen) atoms. The standard InChI is InChI=1S/C16H29N3O/c1-2-3-4-5-6-7-8-9-10-11-13-18-16-12-14-17-15-19(16)20/h12,14-15,20H,2-11,13H2,1H3. The molecule has 0 atom stereocenters. The lowest BCUT2D eigenvalue weighted by Gasteiger charge is -2.01. The van der Waals surface area contributed by atoms with Gasteiger partial charge in [0, 0.05) is 18.8 Å². The fourth-order valence-corrected chi connectivity index (χ4v) is 2.26. The van der Waals surface area contributed by atoms with E-state index in [0.29, 0.717) is 5.49 Å². The topological polar surface area (TPSA) is 50.4 Å². The lowest BCUT2D eigenvalue weighted by Crippen LogP contribution is -2.18. The molecule has 0 spiro atoms. The molecule has 0 unspecified atom stereocenters. The third kappa shape index (κ3) is 7.97. The van der Waals surface area contributed by atoms with Crippen molar-refractivity contribution in [2.75, 3.05) is 6.54 Å². The zero-order valence-corrected chi connectivity index (χ0v) is 12.8. The SMILES string of the molecule is CCCCCCCCCCCCN=c1ccncn1O. The molecule has 0 saturated heterocycles. The largest absolute Gasteiger partial charge is 0.425 e. The first-order valence-electron chi connectivity index (χ1n) is 8.07. The Bertz CT molecular complexity index is 401. The number of rotatable bonds is 11. The van der Waals surface area contributed by atoms with Crippen molar-refractivity contribution in [3.8, 4) is 0 Å². The van der Waals surface area contributed by atoms with Gasteiger partial charge in [0.25, 0.3) is 0 Å². The van der Waals surface area contributed by atoms with E-state index in [2.05, 4.69) is 16.9 Å². The molecule has 1 heterocycles. The van der Waals surface area contributed by atoms with Crippen LogP contribution in [0.4, 0.5) is 0 Å². The van der Waals surface area contributed by atoms with Crippen LogP contribution in [-0.2, 0) is 0 Å². The third-order valence-electron chi connectivity index (χ3n) is 3.51. The molecule has 4 heteroatoms. The van der Waals surface area contributed by atoms with Crippen molar-refractivity contribution >= 4 is 0 Å². The molecule has 0 bridgehead atoms. The lowest BCUT2D eigenvalue weighted by atomic mass is 10.1. The number of nitrogens with zero attached hydrogens (tertiary/aromatic N) is 3. The first-order chi connectivity index (χ1) is 9.84. The summed E-state index contributed by atoms with van der Waals surface area (Å²) >= 11 is 0. The highest BCUT2D eigenvalue weighted by atomic mass is 16.5. The molecular weight excluding hydrogens is 250 g/mol. The summed E-state index contributed by atoms with van der Waals surface area (Å²) in [6.07, 6.45) is 16.3. The number of hydrogen-bond acceptors (Lipinski definition) is 3. The quantitative estimate of drug-likeness (QED) is 0.492. The molecule has 1 rings (SSSR count). The van der Waals surface area contributed by atoms with Crippen LogP contribution in [0.3, 0.4) is 0 Å². The fourth-order valence-electron chi connectivity index (χ4n) is 2.26. The highest BCUT2D eigenvalue weighted by Gasteiger charge is 1.93. The number of aromatic nitrogens is 2. The van der Waals surface area contributed by atoms with Crippen LogP contribution < -0.4 is 5.49 Å². The van der Waals surface area contributed by atoms with Crippen molar-refractivity contribution in [1.82, 2.24) is 9.71 Å². The Morgan fingerprint density at radius 2 is 1.60 bits per heavy atom. The Labute approximate surface area is 122 Å². The maximum Gasteiger partial charge on any atom is 0.166 e. The summed E-state index contributed by atoms with van der Waals surface area (Å²) in [5.41, 5.74) is 0.580. The third-order valence-corrected chi connectivity index (χ3v) is 3.51. The predicted molar refractivity (Wildman–Crippen MR) is 81.7 cm³/mol. The van der Waals surface area contributed by atoms with Crippen molar-refractivity contribution in [3.05, 3.63) is 24.1 Å². The van der Waals surface area contributed by atoms with Gasteiger partial charge in [0.2, 0.25) is 0 Å². The number of unbranched alkanes of at least 4 members (excludes halogenated alkanes) is 9. The minimum Gasteiger partial charge on any atom is -0.425 e. The maximum atomic E-state index is 9.43. The van der Waals surface area contributed by atoms with Crippen molar-refractivity contribution in [3.63, 3.8) is 0 Å². The first-order valence-corrected chi connectivity index (χ1v) is 8.07. The van der Waals surface area contributed by atoms with Crippen LogP contribution in [0.15, 0.2) is 23.6 Å². The van der Waals surface area contributed by atoms with E-state index in [-0.39, 0.29) is 0 Å². The Morgan fingerprint density at radius 3 is 2.20 bits per heavy atom. The van der Waals surface area contributed by atoms with Gasteiger partial charge in [-0.25, -0.2) is 4.98 Å². The van der Waals surface area contributed by atoms with Gasteiger partial charge in [-0.3, -0.25) is 4.99 Å². The first kappa shape index (κ1) is 16.7. The van der Waals surface area contributed by atoms with E-state index >= 15 is 0 Å². The molecule has 0 saturated carbocycles. The van der Waals surface area contributed by atoms with Crippen molar-refractivity contribution in [2.45, 2.75) is 71.1 Å². The fraction of sp³-hybridized carbons (Fsp3) is 0.750. The van der Waals surface area contributed by atoms with Gasteiger partial charge in [-0.05, 0) is 6.42 Å². The predicted octanol–water partition coefficient (Wildman–Crippen LogP) is 3.94. The highest BCUT2D eigenvalue weighted by Crippen LogP contribution is 2.10. The molecule has 0 aliphatic rings. The molecule has 114 valence electrons. The molecule has 0 aliphatic carbocycles. The van der Waals surface area contributed by atoms with E-state index < -0.39 is 0 Å². The van der Waals surface area contributed by atoms with Gasteiger partial charge in [-0.1, -0.05) is 64.7 Å². The van der Waals surface area contributed by atoms with E-state index in [1.165, 1.54) is 64.1 Å². The molecule has 0 fully saturated rings. The summed E-state index contributed by atoms with van der Waals surface area (Å²) in [6.45, 7) is 3.04. The van der Waals surface area contributed by atoms with Gasteiger partial charge in [-0.2, -0.15) is 4.73 Å². The van der Waals surface area contributed by atoms with Crippen molar-refractivity contribution in [2.24, 2.45) is 4.99 Å². The second-order valence-electron chi connectivity index (χ2n) is 5.35. The second kappa shape index (κ2) is 11.5. The van der Waals surface area contributed by atoms with Crippen LogP contribution in [0.1, 0.15) is 71.1 Å². The summed E-state index contributed by atoms with van der Waals surface area (Å²) in [7, 11) is 0. The van der Waals surface area contributed by atoms with Crippen molar-refractivity contribution < 1.29 is 5.21 Å². The zero-order chi connectivity index (χ0) is 14.5. The van der Waals surface area contributed by atoms with Crippen molar-refractivity contribution in [1.29, 1.82) is 0 Å². The van der Waals surface area contributed by atoms with E-state index in [1.807, 2.05) is 0 Å². The monoisotopic (exact) mass is 279 g/mol. The highest BCUT2D eigenvalue weighted by molar-refractivity contribution is 4.78. The van der Waals surface area contributed by atoms with Crippen LogP contribution in [0.5, 0.6) is 0 Å². The minimum absolute atomic E-state index is 0.580. The summed E-state index contributed by atoms with van der Waals surface area (Å²) < 4.78 is 0.969. The molecule has 1 aromatic rings. The van der Waals surface area contributed by atoms with E-state index in [1.54, 1.807) is 12.3 Å². The number of hydrogen-bond donors (Lipinski definition) is 1. The van der Waals surface area contributed by atoms with Crippen LogP contribution >= 0.6 is 0 Å². The molecule has 0 amide bonds. The Kier molecular flexibility index (Phi) is 9.62. The van der Waals surface area contributed by atoms with Crippen LogP contribution in [-0.4, -0.2) is 21.5 Å². The minimum atomic E-state index is 0.580. The summed E-state index contributed by atoms with van der Waals surface area (Å²) in [6, 6.07) is 1.72. The summed E-state index contributed by atoms with van der Waals surface area (Å²) in [5.74, 6) is 0. The lowest BCUT2D eigenvalue weighted by molar-refractivity contribution is 0.167. The van der Waals surface area contributed by atoms with E-state index in [9.17, 15) is 5.21 Å². The summed E-state index contributed by atoms with van der Waals surface area (Å²) in [4.78, 5) is 8.15. The van der Waals surface area contributed by atoms with Gasteiger partial charge in [-0.15, -0.1) is 0 Å². The molecule has 0 radical (unpaired) electrons. The second-order valence-corrected chi connectivity index (χ2v) is 5.35. The Morgan fingerprint density at radius 1 is 1.00 bits per heavy atom. The van der Waals surface area contributed by atoms with Crippen LogP contribution in [0, 0.1) is 0 Å². The maximum absolute atomic E-state index is 9.43. The zero-order valence-electron chi connectivity index (χ0n) is 12.8. The molecule has 4 nitrogen and oxygen atoms in total. The summed E-state index contributed by atoms with van der Waals surface area (Å²) in [5, 5.41) is 9.43. The smallest absolute Gasteiger partial charge is 0.166 e. The van der Waals surface area contributed by atoms with Gasteiger partial charge >= 0.3 is 0 Å². The van der Waals surface area contributed by atoms with E-state index in [4.69, 9.17) is 0 Å². The van der Waals surface area contributed by atoms with Crippen LogP contribution in [0.2, 0.25) is 0 Å². The van der Waals surface area contributed by atoms with E-state index in [0.717, 1.165) is 17.7 Å². The molecule has 0 aliphatic heterocycles. The van der Waals surface area contributed by atoms with Crippen LogP contribution in [0.25, 0.3) is 0 Å². The molecule has 1 aromatic heterocycles. The molecule has 0 aromatic carbocycles. The normalized spacial score (nSPS) is 11.9. The van der Waals surface area contributed by atoms with Gasteiger partial charge < -0.3 is 5.21 Å². The Hall–Kier alpha value is -1.32. The van der Waals surface area contributed by atoms with Gasteiger partial charge in [0.05, 0.1) is 0 Å².